The minimum Gasteiger partial charge on any atom is -0.390 e. The zero-order chi connectivity index (χ0) is 10.9. The van der Waals surface area contributed by atoms with Gasteiger partial charge in [0.2, 0.25) is 0 Å². The van der Waals surface area contributed by atoms with Gasteiger partial charge in [0.1, 0.15) is 0 Å². The number of aryl methyl sites for hydroxylation is 2. The average molecular weight is 204 g/mol. The van der Waals surface area contributed by atoms with Crippen LogP contribution in [0.4, 0.5) is 0 Å². The van der Waals surface area contributed by atoms with E-state index in [2.05, 4.69) is 32.0 Å². The summed E-state index contributed by atoms with van der Waals surface area (Å²) in [5, 5.41) is 9.97. The average Bonchev–Trinajstić information content (AvgIpc) is 2.96. The highest BCUT2D eigenvalue weighted by atomic mass is 16.3. The van der Waals surface area contributed by atoms with Crippen LogP contribution in [0.1, 0.15) is 43.4 Å². The molecule has 0 spiro atoms. The summed E-state index contributed by atoms with van der Waals surface area (Å²) in [7, 11) is 0. The van der Waals surface area contributed by atoms with Crippen molar-refractivity contribution in [1.29, 1.82) is 0 Å². The Kier molecular flexibility index (Phi) is 2.83. The summed E-state index contributed by atoms with van der Waals surface area (Å²) in [4.78, 5) is 0. The molecule has 1 heteroatoms. The highest BCUT2D eigenvalue weighted by molar-refractivity contribution is 5.34. The maximum absolute atomic E-state index is 9.97. The number of hydrogen-bond donors (Lipinski definition) is 1. The third-order valence-electron chi connectivity index (χ3n) is 3.41. The molecular formula is C14H20O. The molecule has 0 saturated heterocycles. The first-order chi connectivity index (χ1) is 7.17. The van der Waals surface area contributed by atoms with Gasteiger partial charge >= 0.3 is 0 Å². The quantitative estimate of drug-likeness (QED) is 0.799. The minimum absolute atomic E-state index is 0.365. The molecule has 0 heterocycles. The summed E-state index contributed by atoms with van der Waals surface area (Å²) < 4.78 is 0. The van der Waals surface area contributed by atoms with Crippen molar-refractivity contribution in [3.8, 4) is 0 Å². The maximum Gasteiger partial charge on any atom is 0.0690 e. The number of aliphatic hydroxyl groups is 1. The summed E-state index contributed by atoms with van der Waals surface area (Å²) in [5.74, 6) is 0. The number of hydrogen-bond acceptors (Lipinski definition) is 1. The highest BCUT2D eigenvalue weighted by Gasteiger charge is 2.40. The number of benzene rings is 1. The molecule has 0 unspecified atom stereocenters. The number of rotatable bonds is 4. The third-order valence-corrected chi connectivity index (χ3v) is 3.41. The van der Waals surface area contributed by atoms with Crippen LogP contribution in [-0.4, -0.2) is 10.7 Å². The lowest BCUT2D eigenvalue weighted by atomic mass is 9.96. The molecule has 1 aromatic rings. The fourth-order valence-electron chi connectivity index (χ4n) is 2.08. The van der Waals surface area contributed by atoms with Gasteiger partial charge in [0.25, 0.3) is 0 Å². The van der Waals surface area contributed by atoms with E-state index in [1.165, 1.54) is 16.7 Å². The monoisotopic (exact) mass is 204 g/mol. The van der Waals surface area contributed by atoms with Crippen LogP contribution >= 0.6 is 0 Å². The highest BCUT2D eigenvalue weighted by Crippen LogP contribution is 2.39. The van der Waals surface area contributed by atoms with E-state index in [-0.39, 0.29) is 5.60 Å². The van der Waals surface area contributed by atoms with E-state index in [1.807, 2.05) is 0 Å². The fraction of sp³-hybridized carbons (Fsp3) is 0.571. The summed E-state index contributed by atoms with van der Waals surface area (Å²) in [6, 6.07) is 6.70. The lowest BCUT2D eigenvalue weighted by Crippen LogP contribution is -2.12. The molecule has 1 N–H and O–H groups in total. The first-order valence-corrected chi connectivity index (χ1v) is 6.00. The van der Waals surface area contributed by atoms with Gasteiger partial charge in [0, 0.05) is 6.42 Å². The molecule has 1 aliphatic carbocycles. The van der Waals surface area contributed by atoms with Gasteiger partial charge in [-0.1, -0.05) is 32.0 Å². The third kappa shape index (κ3) is 2.40. The van der Waals surface area contributed by atoms with Crippen LogP contribution in [0.3, 0.4) is 0 Å². The van der Waals surface area contributed by atoms with Gasteiger partial charge in [0.05, 0.1) is 5.60 Å². The Morgan fingerprint density at radius 3 is 2.40 bits per heavy atom. The van der Waals surface area contributed by atoms with Crippen molar-refractivity contribution in [2.45, 2.75) is 51.6 Å². The molecule has 1 fully saturated rings. The van der Waals surface area contributed by atoms with Gasteiger partial charge in [-0.3, -0.25) is 0 Å². The van der Waals surface area contributed by atoms with Crippen LogP contribution in [-0.2, 0) is 19.3 Å². The molecule has 1 nitrogen and oxygen atoms in total. The molecule has 1 saturated carbocycles. The topological polar surface area (TPSA) is 20.2 Å². The molecule has 0 radical (unpaired) electrons. The lowest BCUT2D eigenvalue weighted by molar-refractivity contribution is 0.150. The summed E-state index contributed by atoms with van der Waals surface area (Å²) in [6.07, 6.45) is 4.95. The molecule has 1 aliphatic rings. The van der Waals surface area contributed by atoms with Crippen LogP contribution in [0.5, 0.6) is 0 Å². The maximum atomic E-state index is 9.97. The Bertz CT molecular complexity index is 350. The Balaban J connectivity index is 2.25. The van der Waals surface area contributed by atoms with Crippen LogP contribution in [0.2, 0.25) is 0 Å². The molecule has 0 aliphatic heterocycles. The van der Waals surface area contributed by atoms with E-state index in [9.17, 15) is 5.11 Å². The van der Waals surface area contributed by atoms with E-state index < -0.39 is 0 Å². The van der Waals surface area contributed by atoms with Gasteiger partial charge < -0.3 is 5.11 Å². The Labute approximate surface area is 92.1 Å². The second kappa shape index (κ2) is 3.97. The van der Waals surface area contributed by atoms with E-state index in [0.29, 0.717) is 0 Å². The predicted octanol–water partition coefficient (Wildman–Crippen LogP) is 2.88. The Hall–Kier alpha value is -0.820. The van der Waals surface area contributed by atoms with Crippen molar-refractivity contribution in [3.05, 3.63) is 34.9 Å². The van der Waals surface area contributed by atoms with Gasteiger partial charge in [-0.15, -0.1) is 0 Å². The molecular weight excluding hydrogens is 184 g/mol. The van der Waals surface area contributed by atoms with Crippen molar-refractivity contribution in [2.24, 2.45) is 0 Å². The van der Waals surface area contributed by atoms with Crippen LogP contribution in [0.25, 0.3) is 0 Å². The van der Waals surface area contributed by atoms with E-state index in [1.54, 1.807) is 0 Å². The first-order valence-electron chi connectivity index (χ1n) is 6.00. The Morgan fingerprint density at radius 2 is 1.87 bits per heavy atom. The molecule has 0 aromatic heterocycles. The SMILES string of the molecule is CCc1ccc(CC)c(CC2(O)CC2)c1. The largest absolute Gasteiger partial charge is 0.390 e. The predicted molar refractivity (Wildman–Crippen MR) is 63.1 cm³/mol. The van der Waals surface area contributed by atoms with Crippen molar-refractivity contribution in [1.82, 2.24) is 0 Å². The second-order valence-corrected chi connectivity index (χ2v) is 4.71. The zero-order valence-electron chi connectivity index (χ0n) is 9.71. The molecule has 0 bridgehead atoms. The fourth-order valence-corrected chi connectivity index (χ4v) is 2.08. The van der Waals surface area contributed by atoms with Crippen LogP contribution < -0.4 is 0 Å². The standard InChI is InChI=1S/C14H20O/c1-3-11-5-6-12(4-2)13(9-11)10-14(15)7-8-14/h5-6,9,15H,3-4,7-8,10H2,1-2H3. The van der Waals surface area contributed by atoms with Gasteiger partial charge in [-0.05, 0) is 42.4 Å². The van der Waals surface area contributed by atoms with Gasteiger partial charge in [-0.2, -0.15) is 0 Å². The zero-order valence-corrected chi connectivity index (χ0v) is 9.71. The molecule has 2 rings (SSSR count). The second-order valence-electron chi connectivity index (χ2n) is 4.71. The minimum atomic E-state index is -0.365. The van der Waals surface area contributed by atoms with Crippen molar-refractivity contribution >= 4 is 0 Å². The summed E-state index contributed by atoms with van der Waals surface area (Å²) in [6.45, 7) is 4.36. The molecule has 82 valence electrons. The van der Waals surface area contributed by atoms with Crippen molar-refractivity contribution < 1.29 is 5.11 Å². The van der Waals surface area contributed by atoms with Crippen molar-refractivity contribution in [3.63, 3.8) is 0 Å². The Morgan fingerprint density at radius 1 is 1.13 bits per heavy atom. The molecule has 1 aromatic carbocycles. The summed E-state index contributed by atoms with van der Waals surface area (Å²) in [5.41, 5.74) is 3.77. The molecule has 15 heavy (non-hydrogen) atoms. The lowest BCUT2D eigenvalue weighted by Gasteiger charge is -2.13. The normalized spacial score (nSPS) is 17.8. The van der Waals surface area contributed by atoms with Crippen molar-refractivity contribution in [2.75, 3.05) is 0 Å². The molecule has 0 amide bonds. The van der Waals surface area contributed by atoms with E-state index in [0.717, 1.165) is 32.1 Å². The van der Waals surface area contributed by atoms with Crippen LogP contribution in [0, 0.1) is 0 Å². The van der Waals surface area contributed by atoms with E-state index in [4.69, 9.17) is 0 Å². The van der Waals surface area contributed by atoms with Gasteiger partial charge in [-0.25, -0.2) is 0 Å². The molecule has 0 atom stereocenters. The summed E-state index contributed by atoms with van der Waals surface area (Å²) >= 11 is 0. The van der Waals surface area contributed by atoms with Crippen LogP contribution in [0.15, 0.2) is 18.2 Å². The smallest absolute Gasteiger partial charge is 0.0690 e. The first kappa shape index (κ1) is 10.7. The van der Waals surface area contributed by atoms with E-state index >= 15 is 0 Å². The van der Waals surface area contributed by atoms with Gasteiger partial charge in [0.15, 0.2) is 0 Å².